The maximum absolute atomic E-state index is 5.61. The molecule has 0 heterocycles. The topological polar surface area (TPSA) is 61.6 Å². The van der Waals surface area contributed by atoms with Crippen molar-refractivity contribution in [1.82, 2.24) is 0 Å². The van der Waals surface area contributed by atoms with Crippen molar-refractivity contribution in [3.63, 3.8) is 0 Å². The second-order valence-corrected chi connectivity index (χ2v) is 6.57. The molecule has 0 aromatic heterocycles. The molecule has 0 spiro atoms. The molecule has 0 aliphatic rings. The van der Waals surface area contributed by atoms with Crippen molar-refractivity contribution in [2.24, 2.45) is 9.98 Å². The van der Waals surface area contributed by atoms with Crippen LogP contribution in [0.5, 0.6) is 11.5 Å². The fourth-order valence-corrected chi connectivity index (χ4v) is 2.62. The van der Waals surface area contributed by atoms with E-state index in [1.165, 1.54) is 0 Å². The normalized spacial score (nSPS) is 11.1. The van der Waals surface area contributed by atoms with E-state index in [9.17, 15) is 0 Å². The van der Waals surface area contributed by atoms with E-state index >= 15 is 0 Å². The summed E-state index contributed by atoms with van der Waals surface area (Å²) in [4.78, 5) is 8.78. The zero-order valence-electron chi connectivity index (χ0n) is 18.5. The van der Waals surface area contributed by atoms with Crippen LogP contribution in [0.4, 0.5) is 0 Å². The summed E-state index contributed by atoms with van der Waals surface area (Å²) in [7, 11) is 0. The Morgan fingerprint density at radius 1 is 0.625 bits per heavy atom. The number of para-hydroxylation sites is 2. The summed E-state index contributed by atoms with van der Waals surface area (Å²) in [6.45, 7) is 11.5. The highest BCUT2D eigenvalue weighted by molar-refractivity contribution is 5.84. The maximum atomic E-state index is 5.61. The van der Waals surface area contributed by atoms with Crippen molar-refractivity contribution in [3.05, 3.63) is 85.0 Å². The van der Waals surface area contributed by atoms with E-state index in [0.717, 1.165) is 22.6 Å². The number of ether oxygens (including phenoxy) is 4. The van der Waals surface area contributed by atoms with Crippen molar-refractivity contribution in [3.8, 4) is 11.5 Å². The first kappa shape index (κ1) is 25.0. The second kappa shape index (κ2) is 16.5. The van der Waals surface area contributed by atoms with Gasteiger partial charge in [0.05, 0.1) is 39.5 Å². The SMILES string of the molecule is C=CCOc1ccccc1C=NCCOCCOCCN=Cc1ccccc1OCC=C. The molecule has 6 nitrogen and oxygen atoms in total. The van der Waals surface area contributed by atoms with Crippen LogP contribution in [-0.2, 0) is 9.47 Å². The molecule has 32 heavy (non-hydrogen) atoms. The smallest absolute Gasteiger partial charge is 0.128 e. The van der Waals surface area contributed by atoms with Gasteiger partial charge in [-0.25, -0.2) is 0 Å². The summed E-state index contributed by atoms with van der Waals surface area (Å²) in [6.07, 6.45) is 7.04. The first-order valence-corrected chi connectivity index (χ1v) is 10.7. The van der Waals surface area contributed by atoms with E-state index in [-0.39, 0.29) is 0 Å². The summed E-state index contributed by atoms with van der Waals surface area (Å²) in [5.74, 6) is 1.59. The fraction of sp³-hybridized carbons (Fsp3) is 0.308. The number of benzene rings is 2. The van der Waals surface area contributed by atoms with Gasteiger partial charge in [0.25, 0.3) is 0 Å². The van der Waals surface area contributed by atoms with Crippen LogP contribution in [-0.4, -0.2) is 65.2 Å². The number of hydrogen-bond donors (Lipinski definition) is 0. The molecule has 0 radical (unpaired) electrons. The monoisotopic (exact) mass is 436 g/mol. The molecule has 0 fully saturated rings. The van der Waals surface area contributed by atoms with E-state index in [1.54, 1.807) is 24.6 Å². The number of hydrogen-bond acceptors (Lipinski definition) is 6. The largest absolute Gasteiger partial charge is 0.489 e. The Kier molecular flexibility index (Phi) is 12.9. The number of nitrogens with zero attached hydrogens (tertiary/aromatic N) is 2. The molecular weight excluding hydrogens is 404 g/mol. The molecule has 0 atom stereocenters. The van der Waals surface area contributed by atoms with Gasteiger partial charge in [0, 0.05) is 23.6 Å². The van der Waals surface area contributed by atoms with Gasteiger partial charge in [-0.2, -0.15) is 0 Å². The van der Waals surface area contributed by atoms with Gasteiger partial charge in [0.1, 0.15) is 24.7 Å². The first-order chi connectivity index (χ1) is 15.8. The van der Waals surface area contributed by atoms with Crippen molar-refractivity contribution in [2.45, 2.75) is 0 Å². The van der Waals surface area contributed by atoms with Crippen LogP contribution < -0.4 is 9.47 Å². The summed E-state index contributed by atoms with van der Waals surface area (Å²) >= 11 is 0. The Hall–Kier alpha value is -3.22. The summed E-state index contributed by atoms with van der Waals surface area (Å²) in [5, 5.41) is 0. The molecular formula is C26H32N2O4. The van der Waals surface area contributed by atoms with E-state index < -0.39 is 0 Å². The van der Waals surface area contributed by atoms with Crippen molar-refractivity contribution in [1.29, 1.82) is 0 Å². The van der Waals surface area contributed by atoms with Crippen molar-refractivity contribution < 1.29 is 18.9 Å². The van der Waals surface area contributed by atoms with Crippen LogP contribution in [0.3, 0.4) is 0 Å². The second-order valence-electron chi connectivity index (χ2n) is 6.57. The average molecular weight is 437 g/mol. The van der Waals surface area contributed by atoms with Crippen LogP contribution >= 0.6 is 0 Å². The molecule has 2 aromatic rings. The molecule has 0 N–H and O–H groups in total. The highest BCUT2D eigenvalue weighted by atomic mass is 16.5. The van der Waals surface area contributed by atoms with Crippen molar-refractivity contribution in [2.75, 3.05) is 52.7 Å². The minimum Gasteiger partial charge on any atom is -0.489 e. The van der Waals surface area contributed by atoms with Gasteiger partial charge in [-0.05, 0) is 24.3 Å². The Bertz CT molecular complexity index is 793. The zero-order chi connectivity index (χ0) is 22.7. The molecule has 0 unspecified atom stereocenters. The lowest BCUT2D eigenvalue weighted by molar-refractivity contribution is 0.0541. The van der Waals surface area contributed by atoms with E-state index in [4.69, 9.17) is 18.9 Å². The Morgan fingerprint density at radius 2 is 1.06 bits per heavy atom. The lowest BCUT2D eigenvalue weighted by Crippen LogP contribution is -2.09. The van der Waals surface area contributed by atoms with Crippen LogP contribution in [0, 0.1) is 0 Å². The molecule has 0 saturated carbocycles. The minimum atomic E-state index is 0.469. The third-order valence-corrected chi connectivity index (χ3v) is 4.11. The third kappa shape index (κ3) is 10.2. The Morgan fingerprint density at radius 3 is 1.50 bits per heavy atom. The van der Waals surface area contributed by atoms with Gasteiger partial charge < -0.3 is 18.9 Å². The van der Waals surface area contributed by atoms with Gasteiger partial charge in [0.15, 0.2) is 0 Å². The molecule has 0 aliphatic heterocycles. The van der Waals surface area contributed by atoms with E-state index in [0.29, 0.717) is 52.7 Å². The molecule has 170 valence electrons. The average Bonchev–Trinajstić information content (AvgIpc) is 2.83. The van der Waals surface area contributed by atoms with Gasteiger partial charge in [-0.1, -0.05) is 49.6 Å². The quantitative estimate of drug-likeness (QED) is 0.210. The predicted octanol–water partition coefficient (Wildman–Crippen LogP) is 4.39. The predicted molar refractivity (Wildman–Crippen MR) is 131 cm³/mol. The van der Waals surface area contributed by atoms with Crippen LogP contribution in [0.15, 0.2) is 83.8 Å². The number of aliphatic imine (C=N–C) groups is 2. The van der Waals surface area contributed by atoms with Gasteiger partial charge in [-0.15, -0.1) is 0 Å². The molecule has 0 amide bonds. The fourth-order valence-electron chi connectivity index (χ4n) is 2.62. The minimum absolute atomic E-state index is 0.469. The number of rotatable bonds is 17. The van der Waals surface area contributed by atoms with Gasteiger partial charge >= 0.3 is 0 Å². The molecule has 6 heteroatoms. The first-order valence-electron chi connectivity index (χ1n) is 10.7. The highest BCUT2D eigenvalue weighted by Gasteiger charge is 2.00. The van der Waals surface area contributed by atoms with Crippen molar-refractivity contribution >= 4 is 12.4 Å². The summed E-state index contributed by atoms with van der Waals surface area (Å²) in [5.41, 5.74) is 1.88. The zero-order valence-corrected chi connectivity index (χ0v) is 18.5. The Labute approximate surface area is 190 Å². The standard InChI is InChI=1S/C26H32N2O4/c1-3-15-31-25-11-7-5-9-23(25)21-27-13-17-29-19-20-30-18-14-28-22-24-10-6-8-12-26(24)32-16-4-2/h3-12,21-22H,1-2,13-20H2. The molecule has 0 aliphatic carbocycles. The third-order valence-electron chi connectivity index (χ3n) is 4.11. The highest BCUT2D eigenvalue weighted by Crippen LogP contribution is 2.16. The van der Waals surface area contributed by atoms with E-state index in [1.807, 2.05) is 48.5 Å². The van der Waals surface area contributed by atoms with Gasteiger partial charge in [0.2, 0.25) is 0 Å². The maximum Gasteiger partial charge on any atom is 0.128 e. The molecule has 0 bridgehead atoms. The molecule has 0 saturated heterocycles. The van der Waals surface area contributed by atoms with Crippen LogP contribution in [0.2, 0.25) is 0 Å². The lowest BCUT2D eigenvalue weighted by Gasteiger charge is -2.06. The molecule has 2 aromatic carbocycles. The van der Waals surface area contributed by atoms with Gasteiger partial charge in [-0.3, -0.25) is 9.98 Å². The van der Waals surface area contributed by atoms with Crippen LogP contribution in [0.25, 0.3) is 0 Å². The molecule has 2 rings (SSSR count). The van der Waals surface area contributed by atoms with Crippen LogP contribution in [0.1, 0.15) is 11.1 Å². The Balaban J connectivity index is 1.54. The lowest BCUT2D eigenvalue weighted by atomic mass is 10.2. The summed E-state index contributed by atoms with van der Waals surface area (Å²) in [6, 6.07) is 15.5. The van der Waals surface area contributed by atoms with E-state index in [2.05, 4.69) is 23.1 Å². The summed E-state index contributed by atoms with van der Waals surface area (Å²) < 4.78 is 22.3.